The summed E-state index contributed by atoms with van der Waals surface area (Å²) < 4.78 is 6.04. The summed E-state index contributed by atoms with van der Waals surface area (Å²) in [5, 5.41) is 3.29. The van der Waals surface area contributed by atoms with Crippen molar-refractivity contribution in [2.45, 2.75) is 56.9 Å². The Hall–Kier alpha value is -1.59. The van der Waals surface area contributed by atoms with Gasteiger partial charge in [-0.05, 0) is 56.8 Å². The van der Waals surface area contributed by atoms with Gasteiger partial charge in [-0.3, -0.25) is 4.79 Å². The van der Waals surface area contributed by atoms with E-state index < -0.39 is 0 Å². The molecule has 0 radical (unpaired) electrons. The zero-order chi connectivity index (χ0) is 17.5. The topological polar surface area (TPSA) is 58.4 Å². The summed E-state index contributed by atoms with van der Waals surface area (Å²) in [7, 11) is 0. The highest BCUT2D eigenvalue weighted by Gasteiger charge is 2.35. The van der Waals surface area contributed by atoms with Gasteiger partial charge < -0.3 is 14.6 Å². The number of fused-ring (bicyclic) bond motifs is 4. The van der Waals surface area contributed by atoms with Crippen molar-refractivity contribution in [3.63, 3.8) is 0 Å². The molecule has 3 aliphatic heterocycles. The van der Waals surface area contributed by atoms with Crippen LogP contribution in [-0.2, 0) is 0 Å². The molecule has 1 saturated carbocycles. The fourth-order valence-corrected chi connectivity index (χ4v) is 5.05. The SMILES string of the molecule is Cl.O=C(NC1CN2CCC1CC2)c1cccc2oc(C3CCCCC3)nc12. The monoisotopic (exact) mass is 389 g/mol. The Morgan fingerprint density at radius 1 is 1.11 bits per heavy atom. The molecular weight excluding hydrogens is 362 g/mol. The molecule has 1 aromatic carbocycles. The third kappa shape index (κ3) is 3.59. The van der Waals surface area contributed by atoms with Crippen LogP contribution >= 0.6 is 12.4 Å². The highest BCUT2D eigenvalue weighted by Crippen LogP contribution is 2.34. The van der Waals surface area contributed by atoms with Crippen LogP contribution in [0.25, 0.3) is 11.1 Å². The molecule has 2 bridgehead atoms. The van der Waals surface area contributed by atoms with Gasteiger partial charge in [0.15, 0.2) is 11.5 Å². The lowest BCUT2D eigenvalue weighted by atomic mass is 9.84. The van der Waals surface area contributed by atoms with E-state index in [1.165, 1.54) is 45.2 Å². The number of oxazole rings is 1. The smallest absolute Gasteiger partial charge is 0.253 e. The molecule has 1 N–H and O–H groups in total. The van der Waals surface area contributed by atoms with Gasteiger partial charge in [0.25, 0.3) is 5.91 Å². The molecule has 1 unspecified atom stereocenters. The Morgan fingerprint density at radius 2 is 1.89 bits per heavy atom. The average molecular weight is 390 g/mol. The average Bonchev–Trinajstić information content (AvgIpc) is 3.14. The Balaban J connectivity index is 0.00000180. The zero-order valence-electron chi connectivity index (χ0n) is 15.7. The minimum Gasteiger partial charge on any atom is -0.440 e. The predicted molar refractivity (Wildman–Crippen MR) is 108 cm³/mol. The van der Waals surface area contributed by atoms with Gasteiger partial charge >= 0.3 is 0 Å². The first-order chi connectivity index (χ1) is 12.8. The van der Waals surface area contributed by atoms with Crippen LogP contribution in [0.2, 0.25) is 0 Å². The van der Waals surface area contributed by atoms with Gasteiger partial charge in [0, 0.05) is 18.5 Å². The van der Waals surface area contributed by atoms with E-state index in [9.17, 15) is 4.79 Å². The summed E-state index contributed by atoms with van der Waals surface area (Å²) in [4.78, 5) is 20.2. The van der Waals surface area contributed by atoms with E-state index in [2.05, 4.69) is 10.2 Å². The number of piperidine rings is 3. The molecule has 6 heteroatoms. The summed E-state index contributed by atoms with van der Waals surface area (Å²) in [6, 6.07) is 5.99. The number of amides is 1. The van der Waals surface area contributed by atoms with Crippen LogP contribution in [0.4, 0.5) is 0 Å². The molecule has 4 aliphatic rings. The van der Waals surface area contributed by atoms with Crippen LogP contribution < -0.4 is 5.32 Å². The van der Waals surface area contributed by atoms with E-state index in [0.29, 0.717) is 17.4 Å². The molecule has 4 fully saturated rings. The number of aromatic nitrogens is 1. The summed E-state index contributed by atoms with van der Waals surface area (Å²) >= 11 is 0. The van der Waals surface area contributed by atoms with Gasteiger partial charge in [-0.25, -0.2) is 4.98 Å². The molecule has 2 aromatic rings. The van der Waals surface area contributed by atoms with E-state index >= 15 is 0 Å². The number of rotatable bonds is 3. The number of benzene rings is 1. The molecule has 1 aromatic heterocycles. The maximum absolute atomic E-state index is 13.0. The van der Waals surface area contributed by atoms with Crippen molar-refractivity contribution >= 4 is 29.4 Å². The fraction of sp³-hybridized carbons (Fsp3) is 0.619. The highest BCUT2D eigenvalue weighted by atomic mass is 35.5. The normalized spacial score (nSPS) is 28.1. The second kappa shape index (κ2) is 7.80. The zero-order valence-corrected chi connectivity index (χ0v) is 16.5. The number of nitrogens with one attached hydrogen (secondary N) is 1. The van der Waals surface area contributed by atoms with Crippen LogP contribution in [0.5, 0.6) is 0 Å². The summed E-state index contributed by atoms with van der Waals surface area (Å²) in [5.41, 5.74) is 2.13. The Kier molecular flexibility index (Phi) is 5.42. The van der Waals surface area contributed by atoms with Crippen LogP contribution in [-0.4, -0.2) is 41.5 Å². The van der Waals surface area contributed by atoms with Crippen molar-refractivity contribution in [3.8, 4) is 0 Å². The highest BCUT2D eigenvalue weighted by molar-refractivity contribution is 6.04. The van der Waals surface area contributed by atoms with Gasteiger partial charge in [-0.2, -0.15) is 0 Å². The van der Waals surface area contributed by atoms with Crippen molar-refractivity contribution in [1.82, 2.24) is 15.2 Å². The largest absolute Gasteiger partial charge is 0.440 e. The van der Waals surface area contributed by atoms with Crippen LogP contribution in [0, 0.1) is 5.92 Å². The van der Waals surface area contributed by atoms with Crippen LogP contribution in [0.1, 0.15) is 67.1 Å². The van der Waals surface area contributed by atoms with Crippen LogP contribution in [0.15, 0.2) is 22.6 Å². The lowest BCUT2D eigenvalue weighted by molar-refractivity contribution is 0.0621. The number of para-hydroxylation sites is 1. The minimum absolute atomic E-state index is 0. The first-order valence-corrected chi connectivity index (χ1v) is 10.2. The van der Waals surface area contributed by atoms with Gasteiger partial charge in [-0.1, -0.05) is 25.3 Å². The van der Waals surface area contributed by atoms with Crippen LogP contribution in [0.3, 0.4) is 0 Å². The Bertz CT molecular complexity index is 807. The summed E-state index contributed by atoms with van der Waals surface area (Å²) in [6.45, 7) is 3.35. The van der Waals surface area contributed by atoms with Gasteiger partial charge in [0.2, 0.25) is 0 Å². The van der Waals surface area contributed by atoms with Gasteiger partial charge in [0.1, 0.15) is 5.52 Å². The molecule has 1 aliphatic carbocycles. The van der Waals surface area contributed by atoms with Crippen molar-refractivity contribution in [2.24, 2.45) is 5.92 Å². The Labute approximate surface area is 166 Å². The standard InChI is InChI=1S/C21H27N3O2.ClH/c25-20(22-17-13-24-11-9-14(17)10-12-24)16-7-4-8-18-19(16)23-21(26-18)15-5-2-1-3-6-15;/h4,7-8,14-15,17H,1-3,5-6,9-13H2,(H,22,25);1H. The second-order valence-electron chi connectivity index (χ2n) is 8.26. The molecule has 27 heavy (non-hydrogen) atoms. The number of carbonyl (C=O) groups excluding carboxylic acids is 1. The van der Waals surface area contributed by atoms with Crippen molar-refractivity contribution < 1.29 is 9.21 Å². The molecule has 3 saturated heterocycles. The molecule has 0 spiro atoms. The third-order valence-electron chi connectivity index (χ3n) is 6.61. The van der Waals surface area contributed by atoms with E-state index in [1.807, 2.05) is 18.2 Å². The molecule has 1 atom stereocenters. The molecular formula is C21H28ClN3O2. The summed E-state index contributed by atoms with van der Waals surface area (Å²) in [5.74, 6) is 1.85. The number of hydrogen-bond acceptors (Lipinski definition) is 4. The predicted octanol–water partition coefficient (Wildman–Crippen LogP) is 4.12. The number of carbonyl (C=O) groups is 1. The number of halogens is 1. The lowest BCUT2D eigenvalue weighted by Gasteiger charge is -2.44. The maximum Gasteiger partial charge on any atom is 0.253 e. The van der Waals surface area contributed by atoms with Gasteiger partial charge in [0.05, 0.1) is 5.56 Å². The van der Waals surface area contributed by atoms with Crippen molar-refractivity contribution in [3.05, 3.63) is 29.7 Å². The van der Waals surface area contributed by atoms with E-state index in [0.717, 1.165) is 36.4 Å². The summed E-state index contributed by atoms with van der Waals surface area (Å²) in [6.07, 6.45) is 8.49. The molecule has 1 amide bonds. The lowest BCUT2D eigenvalue weighted by Crippen LogP contribution is -2.57. The first-order valence-electron chi connectivity index (χ1n) is 10.2. The molecule has 6 rings (SSSR count). The Morgan fingerprint density at radius 3 is 2.59 bits per heavy atom. The molecule has 146 valence electrons. The van der Waals surface area contributed by atoms with E-state index in [-0.39, 0.29) is 24.4 Å². The molecule has 4 heterocycles. The fourth-order valence-electron chi connectivity index (χ4n) is 5.05. The number of hydrogen-bond donors (Lipinski definition) is 1. The quantitative estimate of drug-likeness (QED) is 0.857. The minimum atomic E-state index is -0.00200. The first kappa shape index (κ1) is 18.8. The second-order valence-corrected chi connectivity index (χ2v) is 8.26. The van der Waals surface area contributed by atoms with E-state index in [4.69, 9.17) is 9.40 Å². The van der Waals surface area contributed by atoms with Crippen molar-refractivity contribution in [2.75, 3.05) is 19.6 Å². The van der Waals surface area contributed by atoms with E-state index in [1.54, 1.807) is 0 Å². The van der Waals surface area contributed by atoms with Gasteiger partial charge in [-0.15, -0.1) is 12.4 Å². The van der Waals surface area contributed by atoms with Crippen molar-refractivity contribution in [1.29, 1.82) is 0 Å². The maximum atomic E-state index is 13.0. The third-order valence-corrected chi connectivity index (χ3v) is 6.61. The number of nitrogens with zero attached hydrogens (tertiary/aromatic N) is 2. The molecule has 5 nitrogen and oxygen atoms in total.